The monoisotopic (exact) mass is 537 g/mol. The normalized spacial score (nSPS) is 19.0. The Kier molecular flexibility index (Phi) is 8.14. The zero-order valence-corrected chi connectivity index (χ0v) is 22.6. The smallest absolute Gasteiger partial charge is 0.232 e. The van der Waals surface area contributed by atoms with E-state index in [-0.39, 0.29) is 11.2 Å². The Bertz CT molecular complexity index is 1200. The molecule has 1 saturated carbocycles. The highest BCUT2D eigenvalue weighted by Gasteiger charge is 2.35. The minimum absolute atomic E-state index is 0.0578. The van der Waals surface area contributed by atoms with Crippen molar-refractivity contribution in [1.82, 2.24) is 25.3 Å². The lowest BCUT2D eigenvalue weighted by molar-refractivity contribution is 0.434. The number of rotatable bonds is 7. The molecule has 1 aliphatic carbocycles. The molecule has 2 fully saturated rings. The Morgan fingerprint density at radius 1 is 1.14 bits per heavy atom. The molecule has 2 aliphatic rings. The molecule has 1 atom stereocenters. The van der Waals surface area contributed by atoms with Crippen LogP contribution in [0.25, 0.3) is 0 Å². The molecule has 3 heterocycles. The van der Waals surface area contributed by atoms with Gasteiger partial charge in [0, 0.05) is 43.5 Å². The predicted molar refractivity (Wildman–Crippen MR) is 150 cm³/mol. The first-order chi connectivity index (χ1) is 18.0. The van der Waals surface area contributed by atoms with Crippen LogP contribution in [0, 0.1) is 11.7 Å². The van der Waals surface area contributed by atoms with Crippen molar-refractivity contribution in [2.45, 2.75) is 61.0 Å². The minimum Gasteiger partial charge on any atom is -0.361 e. The third-order valence-electron chi connectivity index (χ3n) is 7.24. The second-order valence-corrected chi connectivity index (χ2v) is 11.4. The summed E-state index contributed by atoms with van der Waals surface area (Å²) < 4.78 is 13.5. The van der Waals surface area contributed by atoms with Crippen molar-refractivity contribution in [3.63, 3.8) is 0 Å². The van der Waals surface area contributed by atoms with Gasteiger partial charge in [0.25, 0.3) is 0 Å². The maximum Gasteiger partial charge on any atom is 0.232 e. The van der Waals surface area contributed by atoms with Crippen LogP contribution in [0.1, 0.15) is 51.0 Å². The van der Waals surface area contributed by atoms with Gasteiger partial charge in [-0.1, -0.05) is 31.9 Å². The van der Waals surface area contributed by atoms with Crippen molar-refractivity contribution in [2.24, 2.45) is 5.92 Å². The van der Waals surface area contributed by atoms with Crippen molar-refractivity contribution in [1.29, 1.82) is 0 Å². The number of halogens is 1. The fraction of sp³-hybridized carbons (Fsp3) is 0.444. The molecule has 0 unspecified atom stereocenters. The number of piperidine rings is 1. The summed E-state index contributed by atoms with van der Waals surface area (Å²) in [6, 6.07) is 10.7. The van der Waals surface area contributed by atoms with Crippen LogP contribution in [-0.2, 0) is 5.41 Å². The van der Waals surface area contributed by atoms with Crippen LogP contribution >= 0.6 is 24.0 Å². The number of hydrogen-bond acceptors (Lipinski definition) is 7. The molecule has 1 saturated heterocycles. The number of benzene rings is 1. The van der Waals surface area contributed by atoms with E-state index in [0.29, 0.717) is 28.7 Å². The van der Waals surface area contributed by atoms with Crippen molar-refractivity contribution < 1.29 is 4.39 Å². The standard InChI is InChI=1S/C27H32FN7S2/c1-19-6-4-15-35(17-19)22-16-23(37-26-29-13-5-14-30-26)33-24(32-22)34-25(36)31-18-27(11-2-3-12-27)20-7-9-21(28)10-8-20/h5,7-10,13-14,16,19H,2-4,6,11-12,15,17-18H2,1H3,(H2,31,32,33,34,36)/t19-/m0/s1. The quantitative estimate of drug-likeness (QED) is 0.228. The Balaban J connectivity index is 1.32. The molecule has 0 radical (unpaired) electrons. The lowest BCUT2D eigenvalue weighted by Crippen LogP contribution is -2.41. The SMILES string of the molecule is C[C@H]1CCCN(c2cc(Sc3ncccn3)nc(NC(=S)NCC3(c4ccc(F)cc4)CCCC3)n2)C1. The van der Waals surface area contributed by atoms with Crippen LogP contribution < -0.4 is 15.5 Å². The number of anilines is 2. The van der Waals surface area contributed by atoms with Gasteiger partial charge < -0.3 is 15.5 Å². The fourth-order valence-electron chi connectivity index (χ4n) is 5.33. The van der Waals surface area contributed by atoms with Crippen LogP contribution in [0.15, 0.2) is 59.0 Å². The van der Waals surface area contributed by atoms with Gasteiger partial charge in [0.15, 0.2) is 10.3 Å². The maximum atomic E-state index is 13.5. The molecule has 37 heavy (non-hydrogen) atoms. The molecule has 0 bridgehead atoms. The van der Waals surface area contributed by atoms with Gasteiger partial charge in [-0.05, 0) is 79.3 Å². The van der Waals surface area contributed by atoms with Crippen LogP contribution in [0.5, 0.6) is 0 Å². The van der Waals surface area contributed by atoms with Gasteiger partial charge in [0.1, 0.15) is 16.7 Å². The molecule has 2 N–H and O–H groups in total. The molecule has 1 aliphatic heterocycles. The second kappa shape index (κ2) is 11.7. The van der Waals surface area contributed by atoms with Crippen molar-refractivity contribution >= 4 is 40.9 Å². The summed E-state index contributed by atoms with van der Waals surface area (Å²) in [5.74, 6) is 1.74. The Hall–Kier alpha value is -2.85. The predicted octanol–water partition coefficient (Wildman–Crippen LogP) is 5.59. The Morgan fingerprint density at radius 3 is 2.62 bits per heavy atom. The summed E-state index contributed by atoms with van der Waals surface area (Å²) in [4.78, 5) is 20.5. The highest BCUT2D eigenvalue weighted by Crippen LogP contribution is 2.40. The zero-order chi connectivity index (χ0) is 25.7. The van der Waals surface area contributed by atoms with Gasteiger partial charge in [-0.15, -0.1) is 0 Å². The molecule has 1 aromatic carbocycles. The maximum absolute atomic E-state index is 13.5. The van der Waals surface area contributed by atoms with Crippen molar-refractivity contribution in [2.75, 3.05) is 29.9 Å². The summed E-state index contributed by atoms with van der Waals surface area (Å²) in [5.41, 5.74) is 1.10. The molecule has 5 rings (SSSR count). The third kappa shape index (κ3) is 6.54. The van der Waals surface area contributed by atoms with Crippen molar-refractivity contribution in [3.05, 3.63) is 60.2 Å². The molecular formula is C27H32FN7S2. The Labute approximate surface area is 227 Å². The average Bonchev–Trinajstić information content (AvgIpc) is 3.39. The number of aromatic nitrogens is 4. The van der Waals surface area contributed by atoms with E-state index in [1.165, 1.54) is 18.2 Å². The molecule has 194 valence electrons. The van der Waals surface area contributed by atoms with E-state index < -0.39 is 0 Å². The number of nitrogens with one attached hydrogen (secondary N) is 2. The summed E-state index contributed by atoms with van der Waals surface area (Å²) in [5, 5.41) is 8.49. The largest absolute Gasteiger partial charge is 0.361 e. The summed E-state index contributed by atoms with van der Waals surface area (Å²) in [6.45, 7) is 4.88. The average molecular weight is 538 g/mol. The topological polar surface area (TPSA) is 78.9 Å². The summed E-state index contributed by atoms with van der Waals surface area (Å²) in [7, 11) is 0. The van der Waals surface area contributed by atoms with Gasteiger partial charge in [-0.3, -0.25) is 0 Å². The van der Waals surface area contributed by atoms with Crippen molar-refractivity contribution in [3.8, 4) is 0 Å². The van der Waals surface area contributed by atoms with Gasteiger partial charge in [0.05, 0.1) is 0 Å². The first kappa shape index (κ1) is 25.8. The molecular weight excluding hydrogens is 505 g/mol. The fourth-order valence-corrected chi connectivity index (χ4v) is 6.20. The van der Waals surface area contributed by atoms with Gasteiger partial charge in [-0.2, -0.15) is 4.98 Å². The summed E-state index contributed by atoms with van der Waals surface area (Å²) in [6.07, 6.45) is 10.2. The van der Waals surface area contributed by atoms with Crippen LogP contribution in [0.4, 0.5) is 16.2 Å². The third-order valence-corrected chi connectivity index (χ3v) is 8.30. The number of nitrogens with zero attached hydrogens (tertiary/aromatic N) is 5. The highest BCUT2D eigenvalue weighted by molar-refractivity contribution is 7.99. The van der Waals surface area contributed by atoms with E-state index in [4.69, 9.17) is 22.2 Å². The molecule has 0 amide bonds. The minimum atomic E-state index is -0.211. The second-order valence-electron chi connectivity index (χ2n) is 10.0. The highest BCUT2D eigenvalue weighted by atomic mass is 32.2. The van der Waals surface area contributed by atoms with E-state index in [9.17, 15) is 4.39 Å². The number of hydrogen-bond donors (Lipinski definition) is 2. The van der Waals surface area contributed by atoms with E-state index in [1.807, 2.05) is 18.2 Å². The van der Waals surface area contributed by atoms with Crippen LogP contribution in [-0.4, -0.2) is 44.7 Å². The lowest BCUT2D eigenvalue weighted by atomic mass is 9.79. The van der Waals surface area contributed by atoms with Crippen LogP contribution in [0.2, 0.25) is 0 Å². The summed E-state index contributed by atoms with van der Waals surface area (Å²) >= 11 is 7.08. The molecule has 10 heteroatoms. The first-order valence-electron chi connectivity index (χ1n) is 12.9. The van der Waals surface area contributed by atoms with Crippen LogP contribution in [0.3, 0.4) is 0 Å². The van der Waals surface area contributed by atoms with Gasteiger partial charge >= 0.3 is 0 Å². The van der Waals surface area contributed by atoms with E-state index in [2.05, 4.69) is 32.4 Å². The molecule has 2 aromatic heterocycles. The van der Waals surface area contributed by atoms with Gasteiger partial charge in [0.2, 0.25) is 5.95 Å². The number of thiocarbonyl (C=S) groups is 1. The van der Waals surface area contributed by atoms with E-state index >= 15 is 0 Å². The molecule has 7 nitrogen and oxygen atoms in total. The molecule has 0 spiro atoms. The lowest BCUT2D eigenvalue weighted by Gasteiger charge is -2.32. The zero-order valence-electron chi connectivity index (χ0n) is 21.0. The van der Waals surface area contributed by atoms with E-state index in [0.717, 1.165) is 61.6 Å². The molecule has 3 aromatic rings. The Morgan fingerprint density at radius 2 is 1.89 bits per heavy atom. The van der Waals surface area contributed by atoms with E-state index in [1.54, 1.807) is 30.6 Å². The first-order valence-corrected chi connectivity index (χ1v) is 14.1. The van der Waals surface area contributed by atoms with Gasteiger partial charge in [-0.25, -0.2) is 19.3 Å².